The molecule has 22 heavy (non-hydrogen) atoms. The van der Waals surface area contributed by atoms with Crippen LogP contribution in [-0.2, 0) is 9.53 Å². The van der Waals surface area contributed by atoms with Gasteiger partial charge in [-0.1, -0.05) is 12.1 Å². The largest absolute Gasteiger partial charge is 0.446 e. The molecule has 0 aliphatic carbocycles. The van der Waals surface area contributed by atoms with Crippen molar-refractivity contribution in [3.05, 3.63) is 35.9 Å². The van der Waals surface area contributed by atoms with Crippen molar-refractivity contribution in [3.8, 4) is 0 Å². The second-order valence-electron chi connectivity index (χ2n) is 4.83. The van der Waals surface area contributed by atoms with Gasteiger partial charge in [0, 0.05) is 24.1 Å². The zero-order chi connectivity index (χ0) is 16.0. The Morgan fingerprint density at radius 1 is 1.36 bits per heavy atom. The molecule has 1 aliphatic rings. The first-order chi connectivity index (χ1) is 10.4. The molecule has 0 aromatic heterocycles. The maximum atomic E-state index is 12.2. The standard InChI is InChI=1S/C15H16F3NO2S/c16-15(17,18)22-13-6-3-11(4-7-13)5-8-14(20)19-10-12-2-1-9-21-12/h3-8,12H,1-2,9-10H2,(H,19,20)/b8-5+/t12-/m1/s1. The first-order valence-electron chi connectivity index (χ1n) is 6.86. The first-order valence-corrected chi connectivity index (χ1v) is 7.67. The van der Waals surface area contributed by atoms with Crippen molar-refractivity contribution >= 4 is 23.7 Å². The number of rotatable bonds is 5. The minimum atomic E-state index is -4.29. The number of alkyl halides is 3. The molecule has 3 nitrogen and oxygen atoms in total. The number of hydrogen-bond donors (Lipinski definition) is 1. The molecular weight excluding hydrogens is 315 g/mol. The molecule has 1 aromatic rings. The third kappa shape index (κ3) is 6.11. The normalized spacial score (nSPS) is 18.8. The lowest BCUT2D eigenvalue weighted by Gasteiger charge is -2.08. The van der Waals surface area contributed by atoms with Crippen molar-refractivity contribution in [2.24, 2.45) is 0 Å². The SMILES string of the molecule is O=C(/C=C/c1ccc(SC(F)(F)F)cc1)NC[C@H]1CCCO1. The third-order valence-electron chi connectivity index (χ3n) is 3.07. The van der Waals surface area contributed by atoms with Crippen LogP contribution in [0, 0.1) is 0 Å². The summed E-state index contributed by atoms with van der Waals surface area (Å²) in [7, 11) is 0. The first kappa shape index (κ1) is 16.9. The lowest BCUT2D eigenvalue weighted by molar-refractivity contribution is -0.116. The van der Waals surface area contributed by atoms with Crippen LogP contribution in [0.25, 0.3) is 6.08 Å². The lowest BCUT2D eigenvalue weighted by Crippen LogP contribution is -2.30. The van der Waals surface area contributed by atoms with Crippen LogP contribution in [-0.4, -0.2) is 30.7 Å². The highest BCUT2D eigenvalue weighted by Crippen LogP contribution is 2.36. The number of amides is 1. The molecule has 1 aliphatic heterocycles. The maximum Gasteiger partial charge on any atom is 0.446 e. The fourth-order valence-corrected chi connectivity index (χ4v) is 2.57. The highest BCUT2D eigenvalue weighted by atomic mass is 32.2. The summed E-state index contributed by atoms with van der Waals surface area (Å²) < 4.78 is 42.0. The number of carbonyl (C=O) groups excluding carboxylic acids is 1. The number of nitrogens with one attached hydrogen (secondary N) is 1. The number of carbonyl (C=O) groups is 1. The summed E-state index contributed by atoms with van der Waals surface area (Å²) in [5.74, 6) is -0.246. The second-order valence-corrected chi connectivity index (χ2v) is 5.97. The Balaban J connectivity index is 1.80. The van der Waals surface area contributed by atoms with E-state index in [4.69, 9.17) is 4.74 Å². The van der Waals surface area contributed by atoms with Crippen molar-refractivity contribution in [2.45, 2.75) is 29.3 Å². The van der Waals surface area contributed by atoms with Gasteiger partial charge in [-0.3, -0.25) is 4.79 Å². The summed E-state index contributed by atoms with van der Waals surface area (Å²) in [6, 6.07) is 5.83. The number of hydrogen-bond acceptors (Lipinski definition) is 3. The third-order valence-corrected chi connectivity index (χ3v) is 3.81. The molecule has 0 bridgehead atoms. The van der Waals surface area contributed by atoms with Crippen molar-refractivity contribution in [3.63, 3.8) is 0 Å². The Hall–Kier alpha value is -1.47. The van der Waals surface area contributed by atoms with Gasteiger partial charge in [0.05, 0.1) is 6.10 Å². The van der Waals surface area contributed by atoms with Gasteiger partial charge in [0.2, 0.25) is 5.91 Å². The molecule has 2 rings (SSSR count). The van der Waals surface area contributed by atoms with Crippen LogP contribution < -0.4 is 5.32 Å². The van der Waals surface area contributed by atoms with E-state index in [-0.39, 0.29) is 28.7 Å². The van der Waals surface area contributed by atoms with Gasteiger partial charge in [0.15, 0.2) is 0 Å². The molecule has 0 unspecified atom stereocenters. The molecule has 7 heteroatoms. The molecule has 120 valence electrons. The molecule has 1 saturated heterocycles. The lowest BCUT2D eigenvalue weighted by atomic mass is 10.2. The molecule has 0 spiro atoms. The number of halogens is 3. The minimum Gasteiger partial charge on any atom is -0.376 e. The van der Waals surface area contributed by atoms with E-state index < -0.39 is 5.51 Å². The summed E-state index contributed by atoms with van der Waals surface area (Å²) in [6.07, 6.45) is 4.96. The Morgan fingerprint density at radius 3 is 2.68 bits per heavy atom. The van der Waals surface area contributed by atoms with E-state index in [1.54, 1.807) is 6.08 Å². The van der Waals surface area contributed by atoms with E-state index in [9.17, 15) is 18.0 Å². The van der Waals surface area contributed by atoms with Crippen LogP contribution in [0.1, 0.15) is 18.4 Å². The van der Waals surface area contributed by atoms with E-state index in [0.29, 0.717) is 12.1 Å². The Bertz CT molecular complexity index is 523. The zero-order valence-electron chi connectivity index (χ0n) is 11.7. The molecule has 1 N–H and O–H groups in total. The second kappa shape index (κ2) is 7.69. The highest BCUT2D eigenvalue weighted by molar-refractivity contribution is 8.00. The van der Waals surface area contributed by atoms with Gasteiger partial charge < -0.3 is 10.1 Å². The van der Waals surface area contributed by atoms with Crippen LogP contribution in [0.3, 0.4) is 0 Å². The van der Waals surface area contributed by atoms with Crippen LogP contribution in [0.4, 0.5) is 13.2 Å². The monoisotopic (exact) mass is 331 g/mol. The summed E-state index contributed by atoms with van der Waals surface area (Å²) >= 11 is -0.161. The fraction of sp³-hybridized carbons (Fsp3) is 0.400. The summed E-state index contributed by atoms with van der Waals surface area (Å²) in [4.78, 5) is 11.7. The number of benzene rings is 1. The van der Waals surface area contributed by atoms with Crippen molar-refractivity contribution < 1.29 is 22.7 Å². The molecule has 1 atom stereocenters. The van der Waals surface area contributed by atoms with Crippen LogP contribution in [0.2, 0.25) is 0 Å². The Morgan fingerprint density at radius 2 is 2.09 bits per heavy atom. The maximum absolute atomic E-state index is 12.2. The summed E-state index contributed by atoms with van der Waals surface area (Å²) in [5.41, 5.74) is -3.63. The zero-order valence-corrected chi connectivity index (χ0v) is 12.5. The van der Waals surface area contributed by atoms with Gasteiger partial charge in [-0.15, -0.1) is 0 Å². The topological polar surface area (TPSA) is 38.3 Å². The van der Waals surface area contributed by atoms with Crippen LogP contribution in [0.15, 0.2) is 35.2 Å². The quantitative estimate of drug-likeness (QED) is 0.662. The molecule has 1 heterocycles. The van der Waals surface area contributed by atoms with Gasteiger partial charge in [-0.05, 0) is 48.4 Å². The fourth-order valence-electron chi connectivity index (χ4n) is 2.03. The van der Waals surface area contributed by atoms with E-state index in [1.807, 2.05) is 0 Å². The highest BCUT2D eigenvalue weighted by Gasteiger charge is 2.28. The molecular formula is C15H16F3NO2S. The molecule has 1 fully saturated rings. The average Bonchev–Trinajstić information content (AvgIpc) is 2.96. The van der Waals surface area contributed by atoms with Gasteiger partial charge in [0.25, 0.3) is 0 Å². The smallest absolute Gasteiger partial charge is 0.376 e. The van der Waals surface area contributed by atoms with Crippen molar-refractivity contribution in [2.75, 3.05) is 13.2 Å². The molecule has 1 aromatic carbocycles. The molecule has 0 radical (unpaired) electrons. The number of ether oxygens (including phenoxy) is 1. The molecule has 1 amide bonds. The Labute approximate surface area is 130 Å². The van der Waals surface area contributed by atoms with Crippen LogP contribution in [0.5, 0.6) is 0 Å². The van der Waals surface area contributed by atoms with Gasteiger partial charge >= 0.3 is 5.51 Å². The predicted molar refractivity (Wildman–Crippen MR) is 79.4 cm³/mol. The van der Waals surface area contributed by atoms with Gasteiger partial charge in [0.1, 0.15) is 0 Å². The summed E-state index contributed by atoms with van der Waals surface area (Å²) in [6.45, 7) is 1.21. The van der Waals surface area contributed by atoms with Crippen molar-refractivity contribution in [1.29, 1.82) is 0 Å². The van der Waals surface area contributed by atoms with Crippen molar-refractivity contribution in [1.82, 2.24) is 5.32 Å². The molecule has 0 saturated carbocycles. The summed E-state index contributed by atoms with van der Waals surface area (Å²) in [5, 5.41) is 2.73. The number of thioether (sulfide) groups is 1. The van der Waals surface area contributed by atoms with Crippen LogP contribution >= 0.6 is 11.8 Å². The Kier molecular flexibility index (Phi) is 5.90. The average molecular weight is 331 g/mol. The van der Waals surface area contributed by atoms with E-state index >= 15 is 0 Å². The van der Waals surface area contributed by atoms with Gasteiger partial charge in [-0.25, -0.2) is 0 Å². The minimum absolute atomic E-state index is 0.0797. The predicted octanol–water partition coefficient (Wildman–Crippen LogP) is 3.61. The van der Waals surface area contributed by atoms with E-state index in [0.717, 1.165) is 19.4 Å². The van der Waals surface area contributed by atoms with E-state index in [1.165, 1.54) is 30.3 Å². The van der Waals surface area contributed by atoms with E-state index in [2.05, 4.69) is 5.32 Å². The van der Waals surface area contributed by atoms with Gasteiger partial charge in [-0.2, -0.15) is 13.2 Å².